The van der Waals surface area contributed by atoms with Gasteiger partial charge in [-0.3, -0.25) is 24.0 Å². The van der Waals surface area contributed by atoms with Crippen LogP contribution in [0.2, 0.25) is 5.02 Å². The fraction of sp³-hybridized carbons (Fsp3) is 0.513. The number of halogens is 2. The van der Waals surface area contributed by atoms with Crippen LogP contribution in [0.1, 0.15) is 82.4 Å². The minimum absolute atomic E-state index is 0.0184. The Balaban J connectivity index is 1.25. The molecular weight excluding hydrogens is 769 g/mol. The first-order chi connectivity index (χ1) is 26.4. The molecule has 0 spiro atoms. The first-order valence-corrected chi connectivity index (χ1v) is 20.8. The van der Waals surface area contributed by atoms with Gasteiger partial charge in [-0.25, -0.2) is 22.4 Å². The van der Waals surface area contributed by atoms with E-state index in [1.807, 2.05) is 6.08 Å². The monoisotopic (exact) mass is 815 g/mol. The largest absolute Gasteiger partial charge is 0.444 e. The summed E-state index contributed by atoms with van der Waals surface area (Å²) in [5, 5.41) is 5.86. The number of ether oxygens (including phenoxy) is 2. The average molecular weight is 816 g/mol. The van der Waals surface area contributed by atoms with Crippen molar-refractivity contribution in [2.45, 2.75) is 114 Å². The second kappa shape index (κ2) is 16.4. The van der Waals surface area contributed by atoms with Crippen LogP contribution in [0.4, 0.5) is 14.0 Å². The van der Waals surface area contributed by atoms with E-state index in [4.69, 9.17) is 21.1 Å². The number of carbonyl (C=O) groups excluding carboxylic acids is 5. The van der Waals surface area contributed by atoms with Gasteiger partial charge in [0.1, 0.15) is 35.1 Å². The highest BCUT2D eigenvalue weighted by Crippen LogP contribution is 2.46. The Morgan fingerprint density at radius 1 is 1.05 bits per heavy atom. The van der Waals surface area contributed by atoms with E-state index in [2.05, 4.69) is 15.4 Å². The van der Waals surface area contributed by atoms with Crippen molar-refractivity contribution >= 4 is 51.5 Å². The van der Waals surface area contributed by atoms with Crippen LogP contribution in [0.25, 0.3) is 0 Å². The van der Waals surface area contributed by atoms with Gasteiger partial charge in [0.05, 0.1) is 18.8 Å². The van der Waals surface area contributed by atoms with Gasteiger partial charge in [-0.05, 0) is 75.8 Å². The first kappa shape index (κ1) is 40.9. The molecule has 0 aromatic heterocycles. The topological polar surface area (TPSA) is 181 Å². The molecular formula is C39H47ClFN5O9S. The Hall–Kier alpha value is -4.70. The Bertz CT molecular complexity index is 2010. The van der Waals surface area contributed by atoms with Crippen molar-refractivity contribution in [2.24, 2.45) is 5.92 Å². The summed E-state index contributed by atoms with van der Waals surface area (Å²) < 4.78 is 54.3. The van der Waals surface area contributed by atoms with Crippen LogP contribution in [0.3, 0.4) is 0 Å². The van der Waals surface area contributed by atoms with Gasteiger partial charge in [0.25, 0.3) is 5.91 Å². The summed E-state index contributed by atoms with van der Waals surface area (Å²) in [6.07, 6.45) is 3.88. The summed E-state index contributed by atoms with van der Waals surface area (Å²) >= 11 is 5.94. The van der Waals surface area contributed by atoms with Crippen molar-refractivity contribution in [3.8, 4) is 0 Å². The molecule has 2 aromatic rings. The summed E-state index contributed by atoms with van der Waals surface area (Å²) in [5.74, 6) is -3.81. The van der Waals surface area contributed by atoms with Crippen LogP contribution >= 0.6 is 11.6 Å². The molecule has 0 bridgehead atoms. The van der Waals surface area contributed by atoms with E-state index in [0.717, 1.165) is 6.42 Å². The molecule has 1 aliphatic carbocycles. The molecule has 3 heterocycles. The SMILES string of the molecule is CC(C)(C)OC(=O)N[C@H]1CCCCC/C=C\[C@H]2C[C@@]2(C(=O)NS(=O)(=O)Cc2ccc(Cl)cc2)NC(=O)[C@@H]2C[C@@H](OC(=O)N3Cc4cccc(F)c4C3)CN2C1=O. The number of fused-ring (bicyclic) bond motifs is 3. The third-order valence-corrected chi connectivity index (χ3v) is 11.8. The zero-order valence-corrected chi connectivity index (χ0v) is 33.1. The van der Waals surface area contributed by atoms with Crippen molar-refractivity contribution in [1.29, 1.82) is 0 Å². The lowest BCUT2D eigenvalue weighted by Gasteiger charge is -2.30. The highest BCUT2D eigenvalue weighted by Gasteiger charge is 2.61. The molecule has 17 heteroatoms. The summed E-state index contributed by atoms with van der Waals surface area (Å²) in [5.41, 5.74) is -1.10. The molecule has 4 aliphatic rings. The van der Waals surface area contributed by atoms with Crippen molar-refractivity contribution in [3.63, 3.8) is 0 Å². The molecule has 302 valence electrons. The molecule has 2 aromatic carbocycles. The second-order valence-electron chi connectivity index (χ2n) is 15.8. The molecule has 56 heavy (non-hydrogen) atoms. The maximum Gasteiger partial charge on any atom is 0.410 e. The molecule has 1 saturated heterocycles. The zero-order valence-electron chi connectivity index (χ0n) is 31.5. The highest BCUT2D eigenvalue weighted by molar-refractivity contribution is 7.89. The number of rotatable bonds is 6. The summed E-state index contributed by atoms with van der Waals surface area (Å²) in [6, 6.07) is 8.32. The predicted octanol–water partition coefficient (Wildman–Crippen LogP) is 4.84. The minimum atomic E-state index is -4.22. The number of hydrogen-bond donors (Lipinski definition) is 3. The number of benzene rings is 2. The van der Waals surface area contributed by atoms with Gasteiger partial charge in [-0.1, -0.05) is 60.9 Å². The first-order valence-electron chi connectivity index (χ1n) is 18.7. The molecule has 6 rings (SSSR count). The minimum Gasteiger partial charge on any atom is -0.444 e. The van der Waals surface area contributed by atoms with Crippen LogP contribution in [-0.2, 0) is 52.7 Å². The molecule has 14 nitrogen and oxygen atoms in total. The van der Waals surface area contributed by atoms with Gasteiger partial charge in [0, 0.05) is 29.5 Å². The van der Waals surface area contributed by atoms with Crippen LogP contribution in [-0.4, -0.2) is 84.0 Å². The van der Waals surface area contributed by atoms with E-state index >= 15 is 0 Å². The fourth-order valence-electron chi connectivity index (χ4n) is 7.41. The van der Waals surface area contributed by atoms with E-state index in [1.165, 1.54) is 40.1 Å². The molecule has 3 N–H and O–H groups in total. The highest BCUT2D eigenvalue weighted by atomic mass is 35.5. The van der Waals surface area contributed by atoms with Gasteiger partial charge in [0.2, 0.25) is 21.8 Å². The number of nitrogens with zero attached hydrogens (tertiary/aromatic N) is 2. The van der Waals surface area contributed by atoms with E-state index in [9.17, 15) is 36.8 Å². The second-order valence-corrected chi connectivity index (χ2v) is 18.0. The van der Waals surface area contributed by atoms with Crippen molar-refractivity contribution in [3.05, 3.63) is 82.1 Å². The number of hydrogen-bond acceptors (Lipinski definition) is 9. The zero-order chi connectivity index (χ0) is 40.4. The summed E-state index contributed by atoms with van der Waals surface area (Å²) in [6.45, 7) is 4.93. The lowest BCUT2D eigenvalue weighted by atomic mass is 10.0. The van der Waals surface area contributed by atoms with Gasteiger partial charge in [0.15, 0.2) is 0 Å². The van der Waals surface area contributed by atoms with Crippen molar-refractivity contribution in [2.75, 3.05) is 6.54 Å². The number of sulfonamides is 1. The van der Waals surface area contributed by atoms with Crippen LogP contribution < -0.4 is 15.4 Å². The van der Waals surface area contributed by atoms with E-state index in [0.29, 0.717) is 41.0 Å². The van der Waals surface area contributed by atoms with Crippen molar-refractivity contribution in [1.82, 2.24) is 25.2 Å². The number of allylic oxidation sites excluding steroid dienone is 1. The third-order valence-electron chi connectivity index (χ3n) is 10.3. The Morgan fingerprint density at radius 2 is 1.80 bits per heavy atom. The standard InChI is InChI=1S/C39H47ClFN5O9S/c1-38(2,3)55-36(50)42-31-13-8-6-4-5-7-11-26-19-39(26,35(49)44-56(52,53)23-24-14-16-27(40)17-15-24)43-33(47)32-18-28(21-46(32)34(31)48)54-37(51)45-20-25-10-9-12-30(41)29(25)22-45/h7,9-12,14-17,26,28,31-32H,4-6,8,13,18-23H2,1-3H3,(H,42,50)(H,43,47)(H,44,49)/b11-7-/t26-,28+,31-,32-,39+/m0/s1. The average Bonchev–Trinajstić information content (AvgIpc) is 3.40. The Labute approximate surface area is 330 Å². The smallest absolute Gasteiger partial charge is 0.410 e. The van der Waals surface area contributed by atoms with Crippen LogP contribution in [0.5, 0.6) is 0 Å². The van der Waals surface area contributed by atoms with E-state index < -0.39 is 86.7 Å². The van der Waals surface area contributed by atoms with Crippen LogP contribution in [0.15, 0.2) is 54.6 Å². The fourth-order valence-corrected chi connectivity index (χ4v) is 8.70. The molecule has 2 fully saturated rings. The molecule has 0 radical (unpaired) electrons. The van der Waals surface area contributed by atoms with Crippen LogP contribution in [0, 0.1) is 11.7 Å². The normalized spacial score (nSPS) is 26.0. The molecule has 3 aliphatic heterocycles. The van der Waals surface area contributed by atoms with E-state index in [-0.39, 0.29) is 38.9 Å². The Kier molecular flexibility index (Phi) is 12.0. The predicted molar refractivity (Wildman–Crippen MR) is 203 cm³/mol. The summed E-state index contributed by atoms with van der Waals surface area (Å²) in [7, 11) is -4.22. The Morgan fingerprint density at radius 3 is 2.52 bits per heavy atom. The maximum absolute atomic E-state index is 14.5. The molecule has 0 unspecified atom stereocenters. The molecule has 1 saturated carbocycles. The quantitative estimate of drug-likeness (QED) is 0.344. The lowest BCUT2D eigenvalue weighted by molar-refractivity contribution is -0.141. The number of amides is 5. The summed E-state index contributed by atoms with van der Waals surface area (Å²) in [4.78, 5) is 71.5. The molecule has 5 atom stereocenters. The van der Waals surface area contributed by atoms with Crippen molar-refractivity contribution < 1.29 is 46.3 Å². The molecule has 5 amide bonds. The van der Waals surface area contributed by atoms with Gasteiger partial charge < -0.3 is 25.0 Å². The van der Waals surface area contributed by atoms with E-state index in [1.54, 1.807) is 39.0 Å². The van der Waals surface area contributed by atoms with Gasteiger partial charge >= 0.3 is 12.2 Å². The number of carbonyl (C=O) groups is 5. The lowest BCUT2D eigenvalue weighted by Crippen LogP contribution is -2.58. The van der Waals surface area contributed by atoms with Gasteiger partial charge in [-0.2, -0.15) is 0 Å². The third kappa shape index (κ3) is 9.81. The van der Waals surface area contributed by atoms with Gasteiger partial charge in [-0.15, -0.1) is 0 Å². The number of nitrogens with one attached hydrogen (secondary N) is 3. The maximum atomic E-state index is 14.5. The number of alkyl carbamates (subject to hydrolysis) is 1.